The molecule has 8 heteroatoms. The summed E-state index contributed by atoms with van der Waals surface area (Å²) in [6, 6.07) is 0. The first kappa shape index (κ1) is 12.4. The summed E-state index contributed by atoms with van der Waals surface area (Å²) in [5, 5.41) is 8.23. The number of carboxylic acid groups (broad SMARTS) is 1. The van der Waals surface area contributed by atoms with E-state index in [-0.39, 0.29) is 12.2 Å². The zero-order valence-electron chi connectivity index (χ0n) is 8.43. The Bertz CT molecular complexity index is 567. The Morgan fingerprint density at radius 1 is 1.35 bits per heavy atom. The second-order valence-corrected chi connectivity index (χ2v) is 2.88. The summed E-state index contributed by atoms with van der Waals surface area (Å²) in [6.07, 6.45) is 2.43. The topological polar surface area (TPSA) is 129 Å². The van der Waals surface area contributed by atoms with Crippen LogP contribution in [-0.4, -0.2) is 27.0 Å². The number of aromatic amines is 2. The van der Waals surface area contributed by atoms with Gasteiger partial charge >= 0.3 is 17.6 Å². The monoisotopic (exact) mass is 240 g/mol. The molecule has 3 N–H and O–H groups in total. The van der Waals surface area contributed by atoms with Crippen LogP contribution in [0.3, 0.4) is 0 Å². The standard InChI is InChI=1S/C9H8N2O6/c12-6(13)1-2-7(14)17-4-5-3-10-9(16)11-8(5)15/h1-3H,4H2,(H,12,13)(H2,10,11,15,16)/b2-1+. The van der Waals surface area contributed by atoms with Crippen molar-refractivity contribution in [3.8, 4) is 0 Å². The van der Waals surface area contributed by atoms with Gasteiger partial charge < -0.3 is 14.8 Å². The highest BCUT2D eigenvalue weighted by Crippen LogP contribution is 1.91. The van der Waals surface area contributed by atoms with Crippen molar-refractivity contribution in [3.63, 3.8) is 0 Å². The maximum Gasteiger partial charge on any atom is 0.331 e. The Balaban J connectivity index is 2.62. The number of carbonyl (C=O) groups is 2. The van der Waals surface area contributed by atoms with Gasteiger partial charge in [0.25, 0.3) is 5.56 Å². The van der Waals surface area contributed by atoms with Crippen molar-refractivity contribution >= 4 is 11.9 Å². The van der Waals surface area contributed by atoms with E-state index < -0.39 is 23.2 Å². The molecular weight excluding hydrogens is 232 g/mol. The van der Waals surface area contributed by atoms with E-state index in [0.29, 0.717) is 12.2 Å². The van der Waals surface area contributed by atoms with Gasteiger partial charge in [0, 0.05) is 18.3 Å². The number of aromatic nitrogens is 2. The summed E-state index contributed by atoms with van der Waals surface area (Å²) in [5.41, 5.74) is -1.30. The molecule has 0 aliphatic heterocycles. The largest absolute Gasteiger partial charge is 0.478 e. The SMILES string of the molecule is O=C(O)/C=C/C(=O)OCc1c[nH]c(=O)[nH]c1=O. The molecule has 1 rings (SSSR count). The summed E-state index contributed by atoms with van der Waals surface area (Å²) in [7, 11) is 0. The van der Waals surface area contributed by atoms with Crippen LogP contribution in [-0.2, 0) is 20.9 Å². The number of hydrogen-bond donors (Lipinski definition) is 3. The molecule has 0 aromatic carbocycles. The van der Waals surface area contributed by atoms with Crippen molar-refractivity contribution in [1.82, 2.24) is 9.97 Å². The summed E-state index contributed by atoms with van der Waals surface area (Å²) in [5.74, 6) is -2.19. The highest BCUT2D eigenvalue weighted by Gasteiger charge is 2.03. The maximum absolute atomic E-state index is 11.1. The molecule has 0 radical (unpaired) electrons. The van der Waals surface area contributed by atoms with E-state index in [0.717, 1.165) is 6.20 Å². The Labute approximate surface area is 93.6 Å². The van der Waals surface area contributed by atoms with E-state index in [4.69, 9.17) is 5.11 Å². The number of rotatable bonds is 4. The number of carbonyl (C=O) groups excluding carboxylic acids is 1. The van der Waals surface area contributed by atoms with Crippen LogP contribution in [0.15, 0.2) is 27.9 Å². The van der Waals surface area contributed by atoms with Gasteiger partial charge in [-0.15, -0.1) is 0 Å². The molecular formula is C9H8N2O6. The first-order valence-electron chi connectivity index (χ1n) is 4.37. The lowest BCUT2D eigenvalue weighted by Gasteiger charge is -1.99. The lowest BCUT2D eigenvalue weighted by atomic mass is 10.3. The smallest absolute Gasteiger partial charge is 0.331 e. The summed E-state index contributed by atoms with van der Waals surface area (Å²) < 4.78 is 4.57. The van der Waals surface area contributed by atoms with Gasteiger partial charge in [-0.05, 0) is 0 Å². The van der Waals surface area contributed by atoms with Crippen LogP contribution in [0.1, 0.15) is 5.56 Å². The van der Waals surface area contributed by atoms with Gasteiger partial charge in [-0.2, -0.15) is 0 Å². The van der Waals surface area contributed by atoms with Crippen molar-refractivity contribution < 1.29 is 19.4 Å². The van der Waals surface area contributed by atoms with Crippen molar-refractivity contribution in [1.29, 1.82) is 0 Å². The average molecular weight is 240 g/mol. The van der Waals surface area contributed by atoms with E-state index in [1.807, 2.05) is 4.98 Å². The van der Waals surface area contributed by atoms with Gasteiger partial charge in [0.1, 0.15) is 6.61 Å². The van der Waals surface area contributed by atoms with Crippen LogP contribution in [0.5, 0.6) is 0 Å². The minimum atomic E-state index is -1.29. The van der Waals surface area contributed by atoms with E-state index >= 15 is 0 Å². The number of aliphatic carboxylic acids is 1. The molecule has 0 saturated heterocycles. The first-order valence-corrected chi connectivity index (χ1v) is 4.37. The quantitative estimate of drug-likeness (QED) is 0.445. The van der Waals surface area contributed by atoms with Gasteiger partial charge in [0.15, 0.2) is 0 Å². The van der Waals surface area contributed by atoms with Gasteiger partial charge in [0.2, 0.25) is 0 Å². The summed E-state index contributed by atoms with van der Waals surface area (Å²) in [4.78, 5) is 47.0. The Kier molecular flexibility index (Phi) is 3.98. The number of carboxylic acids is 1. The molecule has 90 valence electrons. The number of H-pyrrole nitrogens is 2. The molecule has 8 nitrogen and oxygen atoms in total. The number of esters is 1. The second kappa shape index (κ2) is 5.45. The molecule has 0 spiro atoms. The predicted molar refractivity (Wildman–Crippen MR) is 54.3 cm³/mol. The van der Waals surface area contributed by atoms with Crippen LogP contribution in [0.4, 0.5) is 0 Å². The van der Waals surface area contributed by atoms with E-state index in [1.165, 1.54) is 0 Å². The highest BCUT2D eigenvalue weighted by molar-refractivity contribution is 5.90. The number of ether oxygens (including phenoxy) is 1. The Hall–Kier alpha value is -2.64. The number of hydrogen-bond acceptors (Lipinski definition) is 5. The molecule has 0 bridgehead atoms. The fourth-order valence-electron chi connectivity index (χ4n) is 0.881. The lowest BCUT2D eigenvalue weighted by Crippen LogP contribution is -2.25. The molecule has 0 saturated carbocycles. The van der Waals surface area contributed by atoms with Gasteiger partial charge in [-0.25, -0.2) is 14.4 Å². The molecule has 1 aromatic heterocycles. The van der Waals surface area contributed by atoms with Crippen LogP contribution >= 0.6 is 0 Å². The minimum Gasteiger partial charge on any atom is -0.478 e. The molecule has 1 heterocycles. The third kappa shape index (κ3) is 4.16. The summed E-state index contributed by atoms with van der Waals surface area (Å²) >= 11 is 0. The van der Waals surface area contributed by atoms with Crippen LogP contribution in [0, 0.1) is 0 Å². The zero-order valence-corrected chi connectivity index (χ0v) is 8.43. The average Bonchev–Trinajstić information content (AvgIpc) is 2.25. The van der Waals surface area contributed by atoms with Gasteiger partial charge in [-0.1, -0.05) is 0 Å². The van der Waals surface area contributed by atoms with Crippen molar-refractivity contribution in [2.45, 2.75) is 6.61 Å². The molecule has 17 heavy (non-hydrogen) atoms. The van der Waals surface area contributed by atoms with Crippen molar-refractivity contribution in [2.75, 3.05) is 0 Å². The third-order valence-corrected chi connectivity index (χ3v) is 1.63. The number of nitrogens with one attached hydrogen (secondary N) is 2. The first-order chi connectivity index (χ1) is 7.99. The van der Waals surface area contributed by atoms with Gasteiger partial charge in [0.05, 0.1) is 5.56 Å². The second-order valence-electron chi connectivity index (χ2n) is 2.88. The molecule has 1 aromatic rings. The maximum atomic E-state index is 11.1. The van der Waals surface area contributed by atoms with Crippen LogP contribution in [0.25, 0.3) is 0 Å². The minimum absolute atomic E-state index is 0.0432. The van der Waals surface area contributed by atoms with Gasteiger partial charge in [-0.3, -0.25) is 9.78 Å². The molecule has 0 unspecified atom stereocenters. The van der Waals surface area contributed by atoms with Crippen molar-refractivity contribution in [3.05, 3.63) is 44.8 Å². The molecule has 0 aliphatic rings. The highest BCUT2D eigenvalue weighted by atomic mass is 16.5. The summed E-state index contributed by atoms with van der Waals surface area (Å²) in [6.45, 7) is -0.366. The molecule has 0 aliphatic carbocycles. The van der Waals surface area contributed by atoms with E-state index in [9.17, 15) is 19.2 Å². The molecule has 0 atom stereocenters. The predicted octanol–water partition coefficient (Wildman–Crippen LogP) is -1.25. The molecule has 0 fully saturated rings. The van der Waals surface area contributed by atoms with E-state index in [1.54, 1.807) is 0 Å². The van der Waals surface area contributed by atoms with Crippen LogP contribution < -0.4 is 11.2 Å². The lowest BCUT2D eigenvalue weighted by molar-refractivity contribution is -0.139. The Morgan fingerprint density at radius 3 is 2.65 bits per heavy atom. The Morgan fingerprint density at radius 2 is 2.06 bits per heavy atom. The fourth-order valence-corrected chi connectivity index (χ4v) is 0.881. The van der Waals surface area contributed by atoms with Crippen molar-refractivity contribution in [2.24, 2.45) is 0 Å². The molecule has 0 amide bonds. The third-order valence-electron chi connectivity index (χ3n) is 1.63. The normalized spacial score (nSPS) is 10.4. The zero-order chi connectivity index (χ0) is 12.8. The fraction of sp³-hybridized carbons (Fsp3) is 0.111. The van der Waals surface area contributed by atoms with E-state index in [2.05, 4.69) is 9.72 Å². The van der Waals surface area contributed by atoms with Crippen LogP contribution in [0.2, 0.25) is 0 Å².